The minimum absolute atomic E-state index is 0.234. The highest BCUT2D eigenvalue weighted by atomic mass is 32.2. The first kappa shape index (κ1) is 12.7. The molecule has 1 aromatic carbocycles. The number of benzene rings is 1. The Labute approximate surface area is 119 Å². The van der Waals surface area contributed by atoms with E-state index in [4.69, 9.17) is 5.73 Å². The molecule has 102 valence electrons. The summed E-state index contributed by atoms with van der Waals surface area (Å²) in [5.74, 6) is 0. The third kappa shape index (κ3) is 2.16. The fourth-order valence-electron chi connectivity index (χ4n) is 1.94. The van der Waals surface area contributed by atoms with Gasteiger partial charge in [-0.1, -0.05) is 0 Å². The van der Waals surface area contributed by atoms with Gasteiger partial charge in [0.05, 0.1) is 5.52 Å². The number of fused-ring (bicyclic) bond motifs is 1. The summed E-state index contributed by atoms with van der Waals surface area (Å²) < 4.78 is 1.47. The number of nitrogens with one attached hydrogen (secondary N) is 1. The maximum atomic E-state index is 11.4. The molecule has 0 spiro atoms. The van der Waals surface area contributed by atoms with Crippen molar-refractivity contribution in [3.63, 3.8) is 0 Å². The molecule has 0 saturated carbocycles. The molecule has 6 nitrogen and oxygen atoms in total. The second-order valence-corrected chi connectivity index (χ2v) is 5.52. The van der Waals surface area contributed by atoms with Crippen molar-refractivity contribution in [2.45, 2.75) is 17.0 Å². The third-order valence-electron chi connectivity index (χ3n) is 2.96. The second kappa shape index (κ2) is 4.68. The molecule has 2 aromatic heterocycles. The number of aromatic amines is 1. The molecule has 7 heteroatoms. The number of hydrogen-bond donors (Lipinski definition) is 2. The monoisotopic (exact) mass is 287 g/mol. The molecule has 0 amide bonds. The number of nitrogens with zero attached hydrogens (tertiary/aromatic N) is 3. The van der Waals surface area contributed by atoms with Crippen LogP contribution in [0.5, 0.6) is 0 Å². The van der Waals surface area contributed by atoms with E-state index in [0.29, 0.717) is 10.8 Å². The van der Waals surface area contributed by atoms with Gasteiger partial charge in [-0.05, 0) is 43.0 Å². The number of nitrogen functional groups attached to an aromatic ring is 1. The van der Waals surface area contributed by atoms with E-state index in [9.17, 15) is 4.79 Å². The molecule has 0 bridgehead atoms. The lowest BCUT2D eigenvalue weighted by atomic mass is 10.2. The lowest BCUT2D eigenvalue weighted by molar-refractivity contribution is 0.766. The molecule has 0 aliphatic rings. The number of hydrogen-bond acceptors (Lipinski definition) is 5. The first-order valence-electron chi connectivity index (χ1n) is 6.01. The number of rotatable bonds is 2. The Hall–Kier alpha value is -2.28. The van der Waals surface area contributed by atoms with Crippen LogP contribution in [0.4, 0.5) is 5.69 Å². The fourth-order valence-corrected chi connectivity index (χ4v) is 2.96. The number of aromatic nitrogens is 4. The quantitative estimate of drug-likeness (QED) is 0.700. The van der Waals surface area contributed by atoms with Crippen LogP contribution in [0.25, 0.3) is 10.9 Å². The van der Waals surface area contributed by atoms with Gasteiger partial charge in [0.15, 0.2) is 5.16 Å². The maximum Gasteiger partial charge on any atom is 0.343 e. The Morgan fingerprint density at radius 1 is 1.35 bits per heavy atom. The van der Waals surface area contributed by atoms with Gasteiger partial charge in [-0.15, -0.1) is 5.10 Å². The second-order valence-electron chi connectivity index (χ2n) is 4.51. The van der Waals surface area contributed by atoms with Gasteiger partial charge in [-0.3, -0.25) is 9.55 Å². The minimum Gasteiger partial charge on any atom is -0.399 e. The van der Waals surface area contributed by atoms with E-state index >= 15 is 0 Å². The van der Waals surface area contributed by atoms with Crippen LogP contribution in [-0.4, -0.2) is 19.7 Å². The molecule has 0 aliphatic carbocycles. The average molecular weight is 287 g/mol. The van der Waals surface area contributed by atoms with Crippen LogP contribution in [0.1, 0.15) is 5.69 Å². The lowest BCUT2D eigenvalue weighted by Gasteiger charge is -2.07. The third-order valence-corrected chi connectivity index (χ3v) is 4.07. The predicted octanol–water partition coefficient (Wildman–Crippen LogP) is 1.70. The molecule has 2 heterocycles. The van der Waals surface area contributed by atoms with Crippen molar-refractivity contribution >= 4 is 28.4 Å². The summed E-state index contributed by atoms with van der Waals surface area (Å²) in [5, 5.41) is 7.99. The van der Waals surface area contributed by atoms with Crippen molar-refractivity contribution in [1.29, 1.82) is 0 Å². The van der Waals surface area contributed by atoms with Gasteiger partial charge in [0, 0.05) is 28.7 Å². The Morgan fingerprint density at radius 3 is 2.85 bits per heavy atom. The van der Waals surface area contributed by atoms with Gasteiger partial charge in [-0.2, -0.15) is 0 Å². The van der Waals surface area contributed by atoms with Gasteiger partial charge in [0.25, 0.3) is 0 Å². The van der Waals surface area contributed by atoms with Gasteiger partial charge < -0.3 is 5.73 Å². The van der Waals surface area contributed by atoms with E-state index in [-0.39, 0.29) is 5.69 Å². The number of pyridine rings is 1. The molecule has 3 rings (SSSR count). The minimum atomic E-state index is -0.234. The molecule has 0 radical (unpaired) electrons. The predicted molar refractivity (Wildman–Crippen MR) is 78.8 cm³/mol. The van der Waals surface area contributed by atoms with E-state index < -0.39 is 0 Å². The molecular weight excluding hydrogens is 274 g/mol. The molecule has 3 N–H and O–H groups in total. The molecule has 0 saturated heterocycles. The van der Waals surface area contributed by atoms with Crippen LogP contribution in [0, 0.1) is 6.92 Å². The summed E-state index contributed by atoms with van der Waals surface area (Å²) in [4.78, 5) is 16.9. The summed E-state index contributed by atoms with van der Waals surface area (Å²) in [5.41, 5.74) is 8.08. The van der Waals surface area contributed by atoms with E-state index in [1.54, 1.807) is 7.05 Å². The van der Waals surface area contributed by atoms with Crippen molar-refractivity contribution in [1.82, 2.24) is 19.7 Å². The molecule has 0 unspecified atom stereocenters. The highest BCUT2D eigenvalue weighted by Crippen LogP contribution is 2.32. The van der Waals surface area contributed by atoms with E-state index in [1.165, 1.54) is 16.3 Å². The van der Waals surface area contributed by atoms with Crippen LogP contribution >= 0.6 is 11.8 Å². The Morgan fingerprint density at radius 2 is 2.15 bits per heavy atom. The Bertz CT molecular complexity index is 852. The molecule has 3 aromatic rings. The van der Waals surface area contributed by atoms with Gasteiger partial charge in [0.2, 0.25) is 0 Å². The zero-order chi connectivity index (χ0) is 14.3. The summed E-state index contributed by atoms with van der Waals surface area (Å²) in [6, 6.07) is 7.57. The fraction of sp³-hybridized carbons (Fsp3) is 0.154. The zero-order valence-electron chi connectivity index (χ0n) is 11.0. The molecule has 0 aliphatic heterocycles. The van der Waals surface area contributed by atoms with E-state index in [2.05, 4.69) is 15.2 Å². The molecule has 20 heavy (non-hydrogen) atoms. The normalized spacial score (nSPS) is 11.1. The lowest BCUT2D eigenvalue weighted by Crippen LogP contribution is -2.12. The van der Waals surface area contributed by atoms with Crippen LogP contribution in [0.15, 0.2) is 39.1 Å². The van der Waals surface area contributed by atoms with Crippen LogP contribution < -0.4 is 11.4 Å². The Kier molecular flexibility index (Phi) is 2.98. The molecule has 0 fully saturated rings. The zero-order valence-corrected chi connectivity index (χ0v) is 11.9. The maximum absolute atomic E-state index is 11.4. The van der Waals surface area contributed by atoms with Crippen LogP contribution in [-0.2, 0) is 7.05 Å². The Balaban J connectivity index is 2.17. The number of anilines is 1. The standard InChI is InChI=1S/C13H13N5OS/c1-7-5-11(20-13-17-16-12(19)18(13)2)9-6-8(14)3-4-10(9)15-7/h3-6H,14H2,1-2H3,(H,16,19). The topological polar surface area (TPSA) is 89.6 Å². The SMILES string of the molecule is Cc1cc(Sc2n[nH]c(=O)n2C)c2cc(N)ccc2n1. The van der Waals surface area contributed by atoms with Crippen molar-refractivity contribution < 1.29 is 0 Å². The van der Waals surface area contributed by atoms with Crippen molar-refractivity contribution in [3.05, 3.63) is 40.4 Å². The van der Waals surface area contributed by atoms with Crippen LogP contribution in [0.3, 0.4) is 0 Å². The average Bonchev–Trinajstić information content (AvgIpc) is 2.71. The summed E-state index contributed by atoms with van der Waals surface area (Å²) in [6.45, 7) is 1.93. The largest absolute Gasteiger partial charge is 0.399 e. The smallest absolute Gasteiger partial charge is 0.343 e. The number of H-pyrrole nitrogens is 1. The van der Waals surface area contributed by atoms with E-state index in [1.807, 2.05) is 31.2 Å². The summed E-state index contributed by atoms with van der Waals surface area (Å²) >= 11 is 1.41. The van der Waals surface area contributed by atoms with Gasteiger partial charge in [-0.25, -0.2) is 9.89 Å². The van der Waals surface area contributed by atoms with E-state index in [0.717, 1.165) is 21.5 Å². The van der Waals surface area contributed by atoms with Crippen molar-refractivity contribution in [3.8, 4) is 0 Å². The number of nitrogens with two attached hydrogens (primary N) is 1. The van der Waals surface area contributed by atoms with Crippen molar-refractivity contribution in [2.75, 3.05) is 5.73 Å². The van der Waals surface area contributed by atoms with Gasteiger partial charge >= 0.3 is 5.69 Å². The van der Waals surface area contributed by atoms with Crippen LogP contribution in [0.2, 0.25) is 0 Å². The molecule has 0 atom stereocenters. The van der Waals surface area contributed by atoms with Gasteiger partial charge in [0.1, 0.15) is 0 Å². The highest BCUT2D eigenvalue weighted by molar-refractivity contribution is 7.99. The van der Waals surface area contributed by atoms with Crippen molar-refractivity contribution in [2.24, 2.45) is 7.05 Å². The highest BCUT2D eigenvalue weighted by Gasteiger charge is 2.11. The first-order valence-corrected chi connectivity index (χ1v) is 6.82. The molecular formula is C13H13N5OS. The summed E-state index contributed by atoms with van der Waals surface area (Å²) in [7, 11) is 1.68. The summed E-state index contributed by atoms with van der Waals surface area (Å²) in [6.07, 6.45) is 0. The first-order chi connectivity index (χ1) is 9.54. The number of aryl methyl sites for hydroxylation is 1.